The number of aliphatic hydroxyl groups is 2. The van der Waals surface area contributed by atoms with Crippen LogP contribution in [0.3, 0.4) is 0 Å². The van der Waals surface area contributed by atoms with E-state index in [0.717, 1.165) is 14.2 Å². The summed E-state index contributed by atoms with van der Waals surface area (Å²) >= 11 is 0. The van der Waals surface area contributed by atoms with E-state index in [-0.39, 0.29) is 11.1 Å². The number of aliphatic hydroxyl groups excluding tert-OH is 1. The zero-order valence-corrected chi connectivity index (χ0v) is 14.6. The van der Waals surface area contributed by atoms with Crippen LogP contribution in [0.5, 0.6) is 0 Å². The number of methoxy groups -OCH3 is 2. The summed E-state index contributed by atoms with van der Waals surface area (Å²) in [4.78, 5) is 45.4. The van der Waals surface area contributed by atoms with Crippen molar-refractivity contribution < 1.29 is 48.3 Å². The molecule has 26 heavy (non-hydrogen) atoms. The van der Waals surface area contributed by atoms with E-state index in [1.54, 1.807) is 0 Å². The highest BCUT2D eigenvalue weighted by Gasteiger charge is 2.31. The van der Waals surface area contributed by atoms with Gasteiger partial charge in [0.15, 0.2) is 5.60 Å². The van der Waals surface area contributed by atoms with Crippen LogP contribution in [-0.2, 0) is 38.1 Å². The number of ether oxygens (including phenoxy) is 4. The summed E-state index contributed by atoms with van der Waals surface area (Å²) in [6.07, 6.45) is -0.815. The van der Waals surface area contributed by atoms with Gasteiger partial charge in [0.2, 0.25) is 0 Å². The molecule has 0 saturated carbocycles. The summed E-state index contributed by atoms with van der Waals surface area (Å²) in [7, 11) is 2.27. The van der Waals surface area contributed by atoms with Crippen LogP contribution in [-0.4, -0.2) is 73.7 Å². The first-order valence-electron chi connectivity index (χ1n) is 7.25. The molecule has 0 bridgehead atoms. The first-order valence-corrected chi connectivity index (χ1v) is 7.25. The Hall–Kier alpha value is -2.72. The largest absolute Gasteiger partial charge is 0.469 e. The topological polar surface area (TPSA) is 146 Å². The van der Waals surface area contributed by atoms with Crippen LogP contribution < -0.4 is 0 Å². The van der Waals surface area contributed by atoms with E-state index in [1.807, 2.05) is 0 Å². The lowest BCUT2D eigenvalue weighted by Gasteiger charge is -2.25. The molecule has 10 nitrogen and oxygen atoms in total. The Labute approximate surface area is 150 Å². The van der Waals surface area contributed by atoms with Crippen molar-refractivity contribution in [3.63, 3.8) is 0 Å². The van der Waals surface area contributed by atoms with Crippen LogP contribution in [0.25, 0.3) is 0 Å². The van der Waals surface area contributed by atoms with Crippen LogP contribution in [0.2, 0.25) is 0 Å². The molecule has 0 atom stereocenters. The van der Waals surface area contributed by atoms with Crippen LogP contribution >= 0.6 is 0 Å². The van der Waals surface area contributed by atoms with Crippen molar-refractivity contribution in [3.8, 4) is 0 Å². The molecule has 0 unspecified atom stereocenters. The van der Waals surface area contributed by atoms with Crippen molar-refractivity contribution in [1.82, 2.24) is 0 Å². The minimum atomic E-state index is -2.09. The smallest absolute Gasteiger partial charge is 0.334 e. The van der Waals surface area contributed by atoms with Crippen LogP contribution in [0, 0.1) is 0 Å². The van der Waals surface area contributed by atoms with Gasteiger partial charge in [0.05, 0.1) is 33.7 Å². The van der Waals surface area contributed by atoms with Crippen LogP contribution in [0.4, 0.5) is 0 Å². The van der Waals surface area contributed by atoms with Crippen molar-refractivity contribution in [2.24, 2.45) is 0 Å². The second-order valence-corrected chi connectivity index (χ2v) is 5.25. The quantitative estimate of drug-likeness (QED) is 0.263. The Morgan fingerprint density at radius 1 is 0.846 bits per heavy atom. The maximum Gasteiger partial charge on any atom is 0.334 e. The minimum Gasteiger partial charge on any atom is -0.469 e. The van der Waals surface area contributed by atoms with Crippen molar-refractivity contribution in [2.75, 3.05) is 34.0 Å². The molecule has 2 N–H and O–H groups in total. The predicted octanol–water partition coefficient (Wildman–Crippen LogP) is -0.965. The number of carbonyl (C=O) groups excluding carboxylic acids is 4. The van der Waals surface area contributed by atoms with Gasteiger partial charge in [-0.25, -0.2) is 9.59 Å². The van der Waals surface area contributed by atoms with E-state index in [1.165, 1.54) is 0 Å². The SMILES string of the molecule is C=C(CC(=O)OC)C(=O)OCC(O)(CO)COC(=O)C(=C)CC(=O)OC. The van der Waals surface area contributed by atoms with Gasteiger partial charge >= 0.3 is 23.9 Å². The predicted molar refractivity (Wildman–Crippen MR) is 85.5 cm³/mol. The molecule has 0 aromatic rings. The fraction of sp³-hybridized carbons (Fsp3) is 0.500. The molecule has 0 radical (unpaired) electrons. The molecule has 0 fully saturated rings. The highest BCUT2D eigenvalue weighted by Crippen LogP contribution is 2.11. The lowest BCUT2D eigenvalue weighted by Crippen LogP contribution is -2.45. The van der Waals surface area contributed by atoms with Gasteiger partial charge in [0.25, 0.3) is 0 Å². The second kappa shape index (κ2) is 11.0. The molecule has 146 valence electrons. The van der Waals surface area contributed by atoms with Gasteiger partial charge in [-0.2, -0.15) is 0 Å². The Kier molecular flexibility index (Phi) is 9.85. The molecule has 0 aromatic carbocycles. The lowest BCUT2D eigenvalue weighted by molar-refractivity contribution is -0.164. The first kappa shape index (κ1) is 23.3. The van der Waals surface area contributed by atoms with Gasteiger partial charge in [-0.05, 0) is 0 Å². The fourth-order valence-corrected chi connectivity index (χ4v) is 1.37. The molecule has 0 spiro atoms. The van der Waals surface area contributed by atoms with E-state index < -0.39 is 62.1 Å². The Morgan fingerprint density at radius 2 is 1.19 bits per heavy atom. The summed E-state index contributed by atoms with van der Waals surface area (Å²) in [6, 6.07) is 0. The van der Waals surface area contributed by atoms with Gasteiger partial charge in [0.1, 0.15) is 13.2 Å². The van der Waals surface area contributed by atoms with E-state index >= 15 is 0 Å². The average Bonchev–Trinajstić information content (AvgIpc) is 2.63. The number of rotatable bonds is 11. The zero-order valence-electron chi connectivity index (χ0n) is 14.6. The summed E-state index contributed by atoms with van der Waals surface area (Å²) < 4.78 is 18.2. The van der Waals surface area contributed by atoms with E-state index in [4.69, 9.17) is 9.47 Å². The molecule has 0 aliphatic heterocycles. The number of hydrogen-bond donors (Lipinski definition) is 2. The second-order valence-electron chi connectivity index (χ2n) is 5.25. The Balaban J connectivity index is 4.55. The van der Waals surface area contributed by atoms with Crippen LogP contribution in [0.15, 0.2) is 24.3 Å². The molecule has 0 aliphatic carbocycles. The molecule has 0 saturated heterocycles. The van der Waals surface area contributed by atoms with E-state index in [0.29, 0.717) is 0 Å². The van der Waals surface area contributed by atoms with Gasteiger partial charge in [0, 0.05) is 11.1 Å². The third kappa shape index (κ3) is 8.40. The highest BCUT2D eigenvalue weighted by atomic mass is 16.6. The van der Waals surface area contributed by atoms with Crippen LogP contribution in [0.1, 0.15) is 12.8 Å². The number of carbonyl (C=O) groups is 4. The summed E-state index contributed by atoms with van der Waals surface area (Å²) in [6.45, 7) is 4.31. The molecular formula is C16H22O10. The van der Waals surface area contributed by atoms with Gasteiger partial charge in [-0.15, -0.1) is 0 Å². The van der Waals surface area contributed by atoms with Gasteiger partial charge < -0.3 is 29.2 Å². The molecule has 0 amide bonds. The minimum absolute atomic E-state index is 0.222. The average molecular weight is 374 g/mol. The third-order valence-corrected chi connectivity index (χ3v) is 2.99. The van der Waals surface area contributed by atoms with Crippen molar-refractivity contribution in [2.45, 2.75) is 18.4 Å². The van der Waals surface area contributed by atoms with E-state index in [2.05, 4.69) is 22.6 Å². The Morgan fingerprint density at radius 3 is 1.46 bits per heavy atom. The Bertz CT molecular complexity index is 532. The molecule has 0 heterocycles. The first-order chi connectivity index (χ1) is 12.1. The molecule has 0 rings (SSSR count). The molecule has 0 aliphatic rings. The maximum absolute atomic E-state index is 11.7. The van der Waals surface area contributed by atoms with E-state index in [9.17, 15) is 29.4 Å². The zero-order chi connectivity index (χ0) is 20.3. The number of esters is 4. The monoisotopic (exact) mass is 374 g/mol. The standard InChI is InChI=1S/C16H22O10/c1-10(5-12(18)23-3)14(20)25-8-16(22,7-17)9-26-15(21)11(2)6-13(19)24-4/h17,22H,1-2,5-9H2,3-4H3. The van der Waals surface area contributed by atoms with Crippen molar-refractivity contribution in [1.29, 1.82) is 0 Å². The highest BCUT2D eigenvalue weighted by molar-refractivity contribution is 5.93. The molecular weight excluding hydrogens is 352 g/mol. The van der Waals surface area contributed by atoms with Gasteiger partial charge in [-0.3, -0.25) is 9.59 Å². The third-order valence-electron chi connectivity index (χ3n) is 2.99. The maximum atomic E-state index is 11.7. The number of hydrogen-bond acceptors (Lipinski definition) is 10. The summed E-state index contributed by atoms with van der Waals surface area (Å²) in [5.74, 6) is -3.41. The lowest BCUT2D eigenvalue weighted by atomic mass is 10.1. The van der Waals surface area contributed by atoms with Crippen molar-refractivity contribution in [3.05, 3.63) is 24.3 Å². The van der Waals surface area contributed by atoms with Gasteiger partial charge in [-0.1, -0.05) is 13.2 Å². The fourth-order valence-electron chi connectivity index (χ4n) is 1.37. The summed E-state index contributed by atoms with van der Waals surface area (Å²) in [5.41, 5.74) is -2.54. The molecule has 0 aromatic heterocycles. The molecule has 10 heteroatoms. The van der Waals surface area contributed by atoms with Crippen molar-refractivity contribution >= 4 is 23.9 Å². The normalized spacial score (nSPS) is 10.5. The summed E-state index contributed by atoms with van der Waals surface area (Å²) in [5, 5.41) is 19.3.